The molecule has 2 heterocycles. The van der Waals surface area contributed by atoms with Crippen molar-refractivity contribution in [3.05, 3.63) is 24.3 Å². The predicted octanol–water partition coefficient (Wildman–Crippen LogP) is 1.76. The van der Waals surface area contributed by atoms with Crippen molar-refractivity contribution in [2.24, 2.45) is 0 Å². The van der Waals surface area contributed by atoms with Gasteiger partial charge in [0.2, 0.25) is 0 Å². The molecule has 0 amide bonds. The SMILES string of the molecule is CCn1cnc2c(C)nccc21. The highest BCUT2D eigenvalue weighted by Gasteiger charge is 2.02. The highest BCUT2D eigenvalue weighted by Crippen LogP contribution is 2.13. The zero-order chi connectivity index (χ0) is 8.55. The molecule has 0 aromatic carbocycles. The van der Waals surface area contributed by atoms with Crippen LogP contribution in [0.2, 0.25) is 0 Å². The van der Waals surface area contributed by atoms with Crippen LogP contribution in [0, 0.1) is 6.92 Å². The van der Waals surface area contributed by atoms with E-state index in [-0.39, 0.29) is 0 Å². The quantitative estimate of drug-likeness (QED) is 0.638. The molecule has 2 rings (SSSR count). The molecule has 0 N–H and O–H groups in total. The molecule has 0 aliphatic heterocycles. The molecule has 0 bridgehead atoms. The summed E-state index contributed by atoms with van der Waals surface area (Å²) in [4.78, 5) is 8.47. The lowest BCUT2D eigenvalue weighted by Crippen LogP contribution is -1.91. The zero-order valence-corrected chi connectivity index (χ0v) is 7.28. The number of aryl methyl sites for hydroxylation is 2. The molecule has 0 spiro atoms. The maximum Gasteiger partial charge on any atom is 0.110 e. The van der Waals surface area contributed by atoms with Gasteiger partial charge in [0.15, 0.2) is 0 Å². The normalized spacial score (nSPS) is 10.8. The van der Waals surface area contributed by atoms with E-state index in [9.17, 15) is 0 Å². The van der Waals surface area contributed by atoms with Gasteiger partial charge in [-0.15, -0.1) is 0 Å². The minimum absolute atomic E-state index is 0.958. The van der Waals surface area contributed by atoms with Gasteiger partial charge >= 0.3 is 0 Å². The molecule has 0 fully saturated rings. The number of pyridine rings is 1. The van der Waals surface area contributed by atoms with Gasteiger partial charge in [-0.25, -0.2) is 4.98 Å². The minimum atomic E-state index is 0.958. The Bertz CT molecular complexity index is 403. The first-order valence-corrected chi connectivity index (χ1v) is 4.09. The van der Waals surface area contributed by atoms with E-state index in [0.717, 1.165) is 17.8 Å². The topological polar surface area (TPSA) is 30.7 Å². The summed E-state index contributed by atoms with van der Waals surface area (Å²) in [6.45, 7) is 5.05. The molecular formula is C9H11N3. The van der Waals surface area contributed by atoms with Crippen molar-refractivity contribution in [1.29, 1.82) is 0 Å². The van der Waals surface area contributed by atoms with E-state index in [2.05, 4.69) is 21.5 Å². The van der Waals surface area contributed by atoms with Gasteiger partial charge in [-0.3, -0.25) is 4.98 Å². The third-order valence-electron chi connectivity index (χ3n) is 2.06. The van der Waals surface area contributed by atoms with Gasteiger partial charge in [-0.2, -0.15) is 0 Å². The van der Waals surface area contributed by atoms with Crippen molar-refractivity contribution in [1.82, 2.24) is 14.5 Å². The van der Waals surface area contributed by atoms with Gasteiger partial charge in [-0.1, -0.05) is 0 Å². The predicted molar refractivity (Wildman–Crippen MR) is 47.9 cm³/mol. The van der Waals surface area contributed by atoms with Crippen LogP contribution in [0.4, 0.5) is 0 Å². The summed E-state index contributed by atoms with van der Waals surface area (Å²) in [6.07, 6.45) is 3.69. The third-order valence-corrected chi connectivity index (χ3v) is 2.06. The average molecular weight is 161 g/mol. The highest BCUT2D eigenvalue weighted by atomic mass is 15.0. The Morgan fingerprint density at radius 2 is 2.25 bits per heavy atom. The average Bonchev–Trinajstić information content (AvgIpc) is 2.49. The monoisotopic (exact) mass is 161 g/mol. The number of aromatic nitrogens is 3. The summed E-state index contributed by atoms with van der Waals surface area (Å²) < 4.78 is 2.12. The van der Waals surface area contributed by atoms with Gasteiger partial charge < -0.3 is 4.57 Å². The standard InChI is InChI=1S/C9H11N3/c1-3-12-6-11-9-7(2)10-5-4-8(9)12/h4-6H,3H2,1-2H3. The molecule has 3 heteroatoms. The van der Waals surface area contributed by atoms with Gasteiger partial charge in [0, 0.05) is 12.7 Å². The molecule has 3 nitrogen and oxygen atoms in total. The number of hydrogen-bond acceptors (Lipinski definition) is 2. The first-order valence-electron chi connectivity index (χ1n) is 4.09. The largest absolute Gasteiger partial charge is 0.331 e. The van der Waals surface area contributed by atoms with Crippen LogP contribution >= 0.6 is 0 Å². The van der Waals surface area contributed by atoms with Crippen LogP contribution in [-0.2, 0) is 6.54 Å². The fourth-order valence-corrected chi connectivity index (χ4v) is 1.38. The second-order valence-corrected chi connectivity index (χ2v) is 2.79. The van der Waals surface area contributed by atoms with Gasteiger partial charge in [0.25, 0.3) is 0 Å². The van der Waals surface area contributed by atoms with Crippen LogP contribution < -0.4 is 0 Å². The van der Waals surface area contributed by atoms with Crippen molar-refractivity contribution in [3.8, 4) is 0 Å². The van der Waals surface area contributed by atoms with E-state index in [1.54, 1.807) is 0 Å². The molecule has 0 atom stereocenters. The first-order chi connectivity index (χ1) is 5.83. The Kier molecular flexibility index (Phi) is 1.57. The summed E-state index contributed by atoms with van der Waals surface area (Å²) in [5.74, 6) is 0. The smallest absolute Gasteiger partial charge is 0.110 e. The summed E-state index contributed by atoms with van der Waals surface area (Å²) >= 11 is 0. The van der Waals surface area contributed by atoms with E-state index in [4.69, 9.17) is 0 Å². The number of imidazole rings is 1. The summed E-state index contributed by atoms with van der Waals surface area (Å²) in [6, 6.07) is 2.00. The summed E-state index contributed by atoms with van der Waals surface area (Å²) in [5.41, 5.74) is 3.18. The van der Waals surface area contributed by atoms with Crippen LogP contribution in [0.15, 0.2) is 18.6 Å². The molecule has 0 radical (unpaired) electrons. The second-order valence-electron chi connectivity index (χ2n) is 2.79. The molecule has 2 aromatic heterocycles. The third kappa shape index (κ3) is 0.897. The first kappa shape index (κ1) is 7.28. The molecule has 0 aliphatic rings. The van der Waals surface area contributed by atoms with Crippen LogP contribution in [0.5, 0.6) is 0 Å². The molecule has 0 unspecified atom stereocenters. The molecule has 2 aromatic rings. The lowest BCUT2D eigenvalue weighted by atomic mass is 10.3. The number of fused-ring (bicyclic) bond motifs is 1. The molecule has 12 heavy (non-hydrogen) atoms. The Morgan fingerprint density at radius 1 is 1.42 bits per heavy atom. The van der Waals surface area contributed by atoms with Crippen molar-refractivity contribution in [2.45, 2.75) is 20.4 Å². The molecule has 0 saturated carbocycles. The highest BCUT2D eigenvalue weighted by molar-refractivity contribution is 5.76. The fraction of sp³-hybridized carbons (Fsp3) is 0.333. The van der Waals surface area contributed by atoms with Crippen molar-refractivity contribution in [2.75, 3.05) is 0 Å². The van der Waals surface area contributed by atoms with Gasteiger partial charge in [-0.05, 0) is 19.9 Å². The zero-order valence-electron chi connectivity index (χ0n) is 7.28. The van der Waals surface area contributed by atoms with E-state index in [0.29, 0.717) is 0 Å². The lowest BCUT2D eigenvalue weighted by Gasteiger charge is -1.98. The molecular weight excluding hydrogens is 150 g/mol. The summed E-state index contributed by atoms with van der Waals surface area (Å²) in [5, 5.41) is 0. The van der Waals surface area contributed by atoms with E-state index in [1.165, 1.54) is 5.52 Å². The van der Waals surface area contributed by atoms with E-state index >= 15 is 0 Å². The van der Waals surface area contributed by atoms with Crippen LogP contribution in [0.25, 0.3) is 11.0 Å². The van der Waals surface area contributed by atoms with Crippen LogP contribution in [0.1, 0.15) is 12.6 Å². The maximum absolute atomic E-state index is 4.29. The summed E-state index contributed by atoms with van der Waals surface area (Å²) in [7, 11) is 0. The van der Waals surface area contributed by atoms with Crippen LogP contribution in [0.3, 0.4) is 0 Å². The Balaban J connectivity index is 2.80. The van der Waals surface area contributed by atoms with Gasteiger partial charge in [0.1, 0.15) is 5.52 Å². The van der Waals surface area contributed by atoms with Crippen LogP contribution in [-0.4, -0.2) is 14.5 Å². The molecule has 0 aliphatic carbocycles. The maximum atomic E-state index is 4.29. The van der Waals surface area contributed by atoms with E-state index in [1.807, 2.05) is 25.5 Å². The fourth-order valence-electron chi connectivity index (χ4n) is 1.38. The number of hydrogen-bond donors (Lipinski definition) is 0. The van der Waals surface area contributed by atoms with Gasteiger partial charge in [0.05, 0.1) is 17.5 Å². The molecule has 0 saturated heterocycles. The van der Waals surface area contributed by atoms with Crippen molar-refractivity contribution < 1.29 is 0 Å². The lowest BCUT2D eigenvalue weighted by molar-refractivity contribution is 0.787. The Labute approximate surface area is 71.1 Å². The van der Waals surface area contributed by atoms with Crippen molar-refractivity contribution >= 4 is 11.0 Å². The number of rotatable bonds is 1. The second kappa shape index (κ2) is 2.59. The number of nitrogens with zero attached hydrogens (tertiary/aromatic N) is 3. The Hall–Kier alpha value is -1.38. The van der Waals surface area contributed by atoms with E-state index < -0.39 is 0 Å². The minimum Gasteiger partial charge on any atom is -0.331 e. The Morgan fingerprint density at radius 3 is 3.00 bits per heavy atom. The molecule has 62 valence electrons. The van der Waals surface area contributed by atoms with Crippen molar-refractivity contribution in [3.63, 3.8) is 0 Å².